The zero-order valence-corrected chi connectivity index (χ0v) is 11.9. The van der Waals surface area contributed by atoms with Gasteiger partial charge < -0.3 is 10.6 Å². The van der Waals surface area contributed by atoms with Crippen LogP contribution in [-0.4, -0.2) is 10.9 Å². The summed E-state index contributed by atoms with van der Waals surface area (Å²) < 4.78 is 26.3. The summed E-state index contributed by atoms with van der Waals surface area (Å²) in [5.41, 5.74) is 0.493. The zero-order chi connectivity index (χ0) is 16.7. The lowest BCUT2D eigenvalue weighted by atomic mass is 10.2. The van der Waals surface area contributed by atoms with Gasteiger partial charge in [0.1, 0.15) is 23.3 Å². The molecule has 1 aromatic carbocycles. The standard InChI is InChI=1S/C16H12F2N4O/c17-13-3-4-15(14(18)6-13)21-10-12(7-19)16(23)22-9-11-2-1-5-20-8-11/h1-6,8,10,21H,9H2,(H,22,23)/b12-10-. The van der Waals surface area contributed by atoms with Crippen LogP contribution in [0.25, 0.3) is 0 Å². The Morgan fingerprint density at radius 1 is 1.35 bits per heavy atom. The summed E-state index contributed by atoms with van der Waals surface area (Å²) >= 11 is 0. The molecule has 116 valence electrons. The van der Waals surface area contributed by atoms with Crippen LogP contribution in [0.1, 0.15) is 5.56 Å². The topological polar surface area (TPSA) is 77.8 Å². The van der Waals surface area contributed by atoms with Crippen LogP contribution in [0.15, 0.2) is 54.5 Å². The smallest absolute Gasteiger partial charge is 0.263 e. The molecular weight excluding hydrogens is 302 g/mol. The van der Waals surface area contributed by atoms with Gasteiger partial charge in [0.2, 0.25) is 0 Å². The highest BCUT2D eigenvalue weighted by atomic mass is 19.1. The summed E-state index contributed by atoms with van der Waals surface area (Å²) in [6, 6.07) is 8.14. The quantitative estimate of drug-likeness (QED) is 0.656. The molecule has 0 spiro atoms. The van der Waals surface area contributed by atoms with Gasteiger partial charge in [0.25, 0.3) is 5.91 Å². The molecule has 0 fully saturated rings. The van der Waals surface area contributed by atoms with Crippen LogP contribution in [0.4, 0.5) is 14.5 Å². The van der Waals surface area contributed by atoms with E-state index in [1.165, 1.54) is 6.07 Å². The zero-order valence-electron chi connectivity index (χ0n) is 11.9. The molecule has 0 atom stereocenters. The summed E-state index contributed by atoms with van der Waals surface area (Å²) in [5, 5.41) is 14.0. The number of hydrogen-bond donors (Lipinski definition) is 2. The number of nitrogens with one attached hydrogen (secondary N) is 2. The van der Waals surface area contributed by atoms with Crippen LogP contribution in [0, 0.1) is 23.0 Å². The molecule has 1 heterocycles. The molecule has 0 aliphatic heterocycles. The molecule has 2 aromatic rings. The fraction of sp³-hybridized carbons (Fsp3) is 0.0625. The Kier molecular flexibility index (Phi) is 5.36. The summed E-state index contributed by atoms with van der Waals surface area (Å²) in [6.45, 7) is 0.205. The lowest BCUT2D eigenvalue weighted by Gasteiger charge is -2.06. The molecule has 0 aliphatic carbocycles. The van der Waals surface area contributed by atoms with E-state index in [0.29, 0.717) is 6.07 Å². The fourth-order valence-electron chi connectivity index (χ4n) is 1.69. The first-order valence-electron chi connectivity index (χ1n) is 6.59. The average Bonchev–Trinajstić information content (AvgIpc) is 2.56. The molecule has 0 aliphatic rings. The largest absolute Gasteiger partial charge is 0.358 e. The molecule has 23 heavy (non-hydrogen) atoms. The van der Waals surface area contributed by atoms with Crippen LogP contribution in [-0.2, 0) is 11.3 Å². The van der Waals surface area contributed by atoms with Crippen LogP contribution in [0.5, 0.6) is 0 Å². The number of carbonyl (C=O) groups excluding carboxylic acids is 1. The third-order valence-electron chi connectivity index (χ3n) is 2.84. The van der Waals surface area contributed by atoms with E-state index in [9.17, 15) is 13.6 Å². The van der Waals surface area contributed by atoms with E-state index in [1.807, 2.05) is 0 Å². The normalized spacial score (nSPS) is 10.7. The maximum Gasteiger partial charge on any atom is 0.263 e. The van der Waals surface area contributed by atoms with Crippen molar-refractivity contribution >= 4 is 11.6 Å². The summed E-state index contributed by atoms with van der Waals surface area (Å²) in [4.78, 5) is 15.8. The van der Waals surface area contributed by atoms with Gasteiger partial charge in [-0.2, -0.15) is 5.26 Å². The number of rotatable bonds is 5. The Hall–Kier alpha value is -3.27. The molecule has 5 nitrogen and oxygen atoms in total. The minimum absolute atomic E-state index is 0.0424. The van der Waals surface area contributed by atoms with E-state index >= 15 is 0 Å². The van der Waals surface area contributed by atoms with Crippen molar-refractivity contribution in [3.8, 4) is 6.07 Å². The Balaban J connectivity index is 2.00. The SMILES string of the molecule is N#C/C(=C/Nc1ccc(F)cc1F)C(=O)NCc1cccnc1. The first-order valence-corrected chi connectivity index (χ1v) is 6.59. The molecule has 2 N–H and O–H groups in total. The summed E-state index contributed by atoms with van der Waals surface area (Å²) in [7, 11) is 0. The first kappa shape index (κ1) is 16.1. The van der Waals surface area contributed by atoms with Gasteiger partial charge in [-0.1, -0.05) is 6.07 Å². The highest BCUT2D eigenvalue weighted by molar-refractivity contribution is 5.97. The van der Waals surface area contributed by atoms with Crippen molar-refractivity contribution in [3.05, 3.63) is 71.7 Å². The van der Waals surface area contributed by atoms with Gasteiger partial charge in [-0.05, 0) is 23.8 Å². The van der Waals surface area contributed by atoms with E-state index in [0.717, 1.165) is 17.8 Å². The number of pyridine rings is 1. The molecular formula is C16H12F2N4O. The van der Waals surface area contributed by atoms with Crippen molar-refractivity contribution in [3.63, 3.8) is 0 Å². The van der Waals surface area contributed by atoms with E-state index in [1.54, 1.807) is 30.6 Å². The second-order valence-corrected chi connectivity index (χ2v) is 4.48. The lowest BCUT2D eigenvalue weighted by molar-refractivity contribution is -0.117. The van der Waals surface area contributed by atoms with Gasteiger partial charge in [0.05, 0.1) is 5.69 Å². The number of nitrogens with zero attached hydrogens (tertiary/aromatic N) is 2. The number of hydrogen-bond acceptors (Lipinski definition) is 4. The molecule has 0 saturated carbocycles. The number of aromatic nitrogens is 1. The fourth-order valence-corrected chi connectivity index (χ4v) is 1.69. The molecule has 7 heteroatoms. The maximum atomic E-state index is 13.5. The monoisotopic (exact) mass is 314 g/mol. The molecule has 0 unspecified atom stereocenters. The molecule has 0 radical (unpaired) electrons. The Morgan fingerprint density at radius 2 is 2.17 bits per heavy atom. The predicted molar refractivity (Wildman–Crippen MR) is 79.8 cm³/mol. The van der Waals surface area contributed by atoms with Gasteiger partial charge in [-0.3, -0.25) is 9.78 Å². The second kappa shape index (κ2) is 7.66. The van der Waals surface area contributed by atoms with Crippen molar-refractivity contribution < 1.29 is 13.6 Å². The minimum atomic E-state index is -0.825. The number of benzene rings is 1. The van der Waals surface area contributed by atoms with E-state index in [-0.39, 0.29) is 17.8 Å². The van der Waals surface area contributed by atoms with Gasteiger partial charge in [-0.25, -0.2) is 8.78 Å². The lowest BCUT2D eigenvalue weighted by Crippen LogP contribution is -2.24. The van der Waals surface area contributed by atoms with Crippen LogP contribution < -0.4 is 10.6 Å². The predicted octanol–water partition coefficient (Wildman–Crippen LogP) is 2.50. The second-order valence-electron chi connectivity index (χ2n) is 4.48. The number of nitriles is 1. The number of halogens is 2. The molecule has 0 saturated heterocycles. The maximum absolute atomic E-state index is 13.5. The van der Waals surface area contributed by atoms with Crippen LogP contribution >= 0.6 is 0 Å². The molecule has 1 amide bonds. The van der Waals surface area contributed by atoms with Gasteiger partial charge in [-0.15, -0.1) is 0 Å². The van der Waals surface area contributed by atoms with Crippen molar-refractivity contribution in [2.75, 3.05) is 5.32 Å². The number of anilines is 1. The van der Waals surface area contributed by atoms with Crippen molar-refractivity contribution in [2.45, 2.75) is 6.54 Å². The van der Waals surface area contributed by atoms with E-state index in [4.69, 9.17) is 5.26 Å². The van der Waals surface area contributed by atoms with Crippen molar-refractivity contribution in [2.24, 2.45) is 0 Å². The van der Waals surface area contributed by atoms with Crippen molar-refractivity contribution in [1.82, 2.24) is 10.3 Å². The molecule has 0 bridgehead atoms. The van der Waals surface area contributed by atoms with Crippen LogP contribution in [0.3, 0.4) is 0 Å². The highest BCUT2D eigenvalue weighted by Gasteiger charge is 2.09. The Labute approximate surface area is 131 Å². The van der Waals surface area contributed by atoms with Gasteiger partial charge in [0, 0.05) is 31.2 Å². The highest BCUT2D eigenvalue weighted by Crippen LogP contribution is 2.15. The number of amides is 1. The summed E-state index contributed by atoms with van der Waals surface area (Å²) in [5.74, 6) is -2.16. The number of carbonyl (C=O) groups is 1. The average molecular weight is 314 g/mol. The van der Waals surface area contributed by atoms with Gasteiger partial charge >= 0.3 is 0 Å². The first-order chi connectivity index (χ1) is 11.1. The third kappa shape index (κ3) is 4.61. The van der Waals surface area contributed by atoms with E-state index < -0.39 is 17.5 Å². The summed E-state index contributed by atoms with van der Waals surface area (Å²) in [6.07, 6.45) is 4.25. The molecule has 1 aromatic heterocycles. The molecule has 2 rings (SSSR count). The third-order valence-corrected chi connectivity index (χ3v) is 2.84. The van der Waals surface area contributed by atoms with Crippen molar-refractivity contribution in [1.29, 1.82) is 5.26 Å². The van der Waals surface area contributed by atoms with Gasteiger partial charge in [0.15, 0.2) is 0 Å². The Morgan fingerprint density at radius 3 is 2.83 bits per heavy atom. The minimum Gasteiger partial charge on any atom is -0.358 e. The van der Waals surface area contributed by atoms with Crippen LogP contribution in [0.2, 0.25) is 0 Å². The Bertz CT molecular complexity index is 769. The van der Waals surface area contributed by atoms with E-state index in [2.05, 4.69) is 15.6 Å².